The molecule has 4 N–H and O–H groups in total. The molecule has 0 aromatic rings. The molecule has 0 fully saturated rings. The molecule has 0 saturated carbocycles. The van der Waals surface area contributed by atoms with Gasteiger partial charge in [0.2, 0.25) is 0 Å². The molecule has 0 aliphatic heterocycles. The Balaban J connectivity index is 0. The average Bonchev–Trinajstić information content (AvgIpc) is 2.66. The minimum Gasteiger partial charge on any atom is -0.481 e. The van der Waals surface area contributed by atoms with Gasteiger partial charge in [-0.3, -0.25) is 9.59 Å². The largest absolute Gasteiger partial charge is 0.481 e. The van der Waals surface area contributed by atoms with Gasteiger partial charge in [-0.25, -0.2) is 0 Å². The lowest BCUT2D eigenvalue weighted by Crippen LogP contribution is -2.48. The van der Waals surface area contributed by atoms with Crippen LogP contribution in [0.5, 0.6) is 0 Å². The average molecular weight is 490 g/mol. The number of nitrogens with two attached hydrogens (primary N) is 1. The molecule has 0 aromatic carbocycles. The number of carboxylic acid groups (broad SMARTS) is 2. The van der Waals surface area contributed by atoms with Gasteiger partial charge in [-0.15, -0.1) is 0 Å². The minimum absolute atomic E-state index is 0.0542. The van der Waals surface area contributed by atoms with Crippen LogP contribution in [0, 0.1) is 5.92 Å². The number of aliphatic carboxylic acids is 2. The summed E-state index contributed by atoms with van der Waals surface area (Å²) in [6.07, 6.45) is 7.03. The summed E-state index contributed by atoms with van der Waals surface area (Å²) in [5.41, 5.74) is 0. The first-order valence-electron chi connectivity index (χ1n) is 11.7. The summed E-state index contributed by atoms with van der Waals surface area (Å²) in [5.74, 6) is 3.59. The SMILES string of the molecule is CCC(CC[N+](N)(S)CCCC(F)(F)F)C(=O)O.CCCCCCCCCCCC(=O)O. The number of alkyl halides is 3. The highest BCUT2D eigenvalue weighted by molar-refractivity contribution is 7.74. The number of carbonyl (C=O) groups is 2. The van der Waals surface area contributed by atoms with Gasteiger partial charge >= 0.3 is 18.1 Å². The van der Waals surface area contributed by atoms with E-state index in [4.69, 9.17) is 16.1 Å². The van der Waals surface area contributed by atoms with Crippen LogP contribution >= 0.6 is 12.8 Å². The lowest BCUT2D eigenvalue weighted by molar-refractivity contribution is -0.805. The Morgan fingerprint density at radius 2 is 1.41 bits per heavy atom. The molecule has 192 valence electrons. The second-order valence-electron chi connectivity index (χ2n) is 8.36. The summed E-state index contributed by atoms with van der Waals surface area (Å²) >= 11 is 4.05. The van der Waals surface area contributed by atoms with Gasteiger partial charge in [0.25, 0.3) is 0 Å². The van der Waals surface area contributed by atoms with E-state index >= 15 is 0 Å². The van der Waals surface area contributed by atoms with Gasteiger partial charge in [-0.2, -0.15) is 23.0 Å². The van der Waals surface area contributed by atoms with E-state index in [2.05, 4.69) is 19.7 Å². The standard InChI is InChI=1S/C12H24O2.C10H19F3N2O2S/c1-2-3-4-5-6-7-8-9-10-11-12(13)14;1-2-8(9(16)17)4-7-15(14,18)6-3-5-10(11,12)13/h2-11H2,1H3,(H,13,14);8,18H,2-7,14H2,1H3/p+1. The topological polar surface area (TPSA) is 101 Å². The van der Waals surface area contributed by atoms with Gasteiger partial charge in [0.15, 0.2) is 0 Å². The predicted molar refractivity (Wildman–Crippen MR) is 124 cm³/mol. The van der Waals surface area contributed by atoms with Gasteiger partial charge in [-0.05, 0) is 12.8 Å². The molecule has 0 aromatic heterocycles. The first kappa shape index (κ1) is 33.2. The van der Waals surface area contributed by atoms with Gasteiger partial charge in [-0.1, -0.05) is 65.2 Å². The molecule has 0 saturated heterocycles. The van der Waals surface area contributed by atoms with E-state index in [0.29, 0.717) is 19.3 Å². The Labute approximate surface area is 196 Å². The van der Waals surface area contributed by atoms with Crippen molar-refractivity contribution in [1.82, 2.24) is 0 Å². The second-order valence-corrected chi connectivity index (χ2v) is 9.15. The number of hydrogen-bond donors (Lipinski definition) is 4. The summed E-state index contributed by atoms with van der Waals surface area (Å²) in [6.45, 7) is 4.25. The van der Waals surface area contributed by atoms with Crippen LogP contribution in [0.15, 0.2) is 0 Å². The van der Waals surface area contributed by atoms with Crippen molar-refractivity contribution in [3.63, 3.8) is 0 Å². The molecule has 2 unspecified atom stereocenters. The number of unbranched alkanes of at least 4 members (excludes halogenated alkanes) is 8. The van der Waals surface area contributed by atoms with Crippen LogP contribution in [-0.2, 0) is 9.59 Å². The van der Waals surface area contributed by atoms with Crippen LogP contribution in [0.25, 0.3) is 0 Å². The van der Waals surface area contributed by atoms with Crippen molar-refractivity contribution in [3.05, 3.63) is 0 Å². The number of rotatable bonds is 18. The fraction of sp³-hybridized carbons (Fsp3) is 0.909. The predicted octanol–water partition coefficient (Wildman–Crippen LogP) is 6.36. The van der Waals surface area contributed by atoms with Crippen LogP contribution in [0.2, 0.25) is 0 Å². The number of quaternary nitrogens is 1. The van der Waals surface area contributed by atoms with E-state index in [1.807, 2.05) is 0 Å². The Morgan fingerprint density at radius 1 is 0.906 bits per heavy atom. The third-order valence-electron chi connectivity index (χ3n) is 5.21. The van der Waals surface area contributed by atoms with Gasteiger partial charge < -0.3 is 10.2 Å². The van der Waals surface area contributed by atoms with Crippen molar-refractivity contribution in [1.29, 1.82) is 0 Å². The summed E-state index contributed by atoms with van der Waals surface area (Å²) < 4.78 is 35.5. The highest BCUT2D eigenvalue weighted by Gasteiger charge is 2.29. The number of nitrogens with zero attached hydrogens (tertiary/aromatic N) is 1. The van der Waals surface area contributed by atoms with Crippen molar-refractivity contribution in [2.45, 2.75) is 110 Å². The molecular formula is C22H44F3N2O4S+. The molecule has 0 amide bonds. The normalized spacial score (nSPS) is 14.2. The third-order valence-corrected chi connectivity index (χ3v) is 5.61. The molecule has 0 bridgehead atoms. The molecule has 0 heterocycles. The number of thiol groups is 1. The Kier molecular flexibility index (Phi) is 20.2. The van der Waals surface area contributed by atoms with Crippen molar-refractivity contribution < 1.29 is 37.0 Å². The van der Waals surface area contributed by atoms with Crippen molar-refractivity contribution >= 4 is 24.8 Å². The molecule has 0 aliphatic carbocycles. The van der Waals surface area contributed by atoms with Gasteiger partial charge in [0, 0.05) is 25.7 Å². The molecule has 10 heteroatoms. The molecule has 32 heavy (non-hydrogen) atoms. The molecular weight excluding hydrogens is 445 g/mol. The molecule has 2 atom stereocenters. The Hall–Kier alpha value is -1.00. The van der Waals surface area contributed by atoms with E-state index in [0.717, 1.165) is 12.8 Å². The molecule has 0 aliphatic rings. The van der Waals surface area contributed by atoms with Crippen molar-refractivity contribution in [2.75, 3.05) is 13.1 Å². The third kappa shape index (κ3) is 25.3. The summed E-state index contributed by atoms with van der Waals surface area (Å²) in [5, 5.41) is 17.2. The van der Waals surface area contributed by atoms with Crippen LogP contribution in [0.1, 0.15) is 104 Å². The molecule has 0 radical (unpaired) electrons. The van der Waals surface area contributed by atoms with Crippen molar-refractivity contribution in [3.8, 4) is 0 Å². The summed E-state index contributed by atoms with van der Waals surface area (Å²) in [4.78, 5) is 21.0. The fourth-order valence-corrected chi connectivity index (χ4v) is 3.39. The smallest absolute Gasteiger partial charge is 0.389 e. The number of halogens is 3. The molecule has 6 nitrogen and oxygen atoms in total. The summed E-state index contributed by atoms with van der Waals surface area (Å²) in [6, 6.07) is 0. The monoisotopic (exact) mass is 489 g/mol. The van der Waals surface area contributed by atoms with E-state index in [1.165, 1.54) is 44.9 Å². The lowest BCUT2D eigenvalue weighted by Gasteiger charge is -2.26. The van der Waals surface area contributed by atoms with E-state index in [9.17, 15) is 22.8 Å². The number of hydrogen-bond acceptors (Lipinski definition) is 4. The van der Waals surface area contributed by atoms with Crippen molar-refractivity contribution in [2.24, 2.45) is 11.8 Å². The molecule has 0 spiro atoms. The molecule has 0 rings (SSSR count). The maximum atomic E-state index is 12.0. The zero-order valence-electron chi connectivity index (χ0n) is 19.7. The van der Waals surface area contributed by atoms with Gasteiger partial charge in [0.05, 0.1) is 18.7 Å². The van der Waals surface area contributed by atoms with E-state index < -0.39 is 30.5 Å². The fourth-order valence-electron chi connectivity index (χ4n) is 3.13. The minimum atomic E-state index is -4.19. The van der Waals surface area contributed by atoms with Crippen LogP contribution in [0.3, 0.4) is 0 Å². The summed E-state index contributed by atoms with van der Waals surface area (Å²) in [7, 11) is 0. The zero-order chi connectivity index (χ0) is 25.0. The maximum Gasteiger partial charge on any atom is 0.389 e. The maximum absolute atomic E-state index is 12.0. The Bertz CT molecular complexity index is 492. The zero-order valence-corrected chi connectivity index (χ0v) is 20.6. The van der Waals surface area contributed by atoms with Gasteiger partial charge in [0.1, 0.15) is 13.1 Å². The first-order chi connectivity index (χ1) is 14.8. The van der Waals surface area contributed by atoms with Crippen LogP contribution < -0.4 is 5.84 Å². The number of carboxylic acids is 2. The highest BCUT2D eigenvalue weighted by Crippen LogP contribution is 2.23. The van der Waals surface area contributed by atoms with E-state index in [-0.39, 0.29) is 23.5 Å². The quantitative estimate of drug-likeness (QED) is 0.0590. The van der Waals surface area contributed by atoms with E-state index in [1.54, 1.807) is 6.92 Å². The highest BCUT2D eigenvalue weighted by atomic mass is 32.1. The Morgan fingerprint density at radius 3 is 1.81 bits per heavy atom. The lowest BCUT2D eigenvalue weighted by atomic mass is 10.0. The van der Waals surface area contributed by atoms with Crippen LogP contribution in [-0.4, -0.2) is 45.4 Å². The first-order valence-corrected chi connectivity index (χ1v) is 12.1. The van der Waals surface area contributed by atoms with Crippen LogP contribution in [0.4, 0.5) is 13.2 Å². The second kappa shape index (κ2) is 19.5.